The van der Waals surface area contributed by atoms with E-state index in [9.17, 15) is 4.79 Å². The lowest BCUT2D eigenvalue weighted by atomic mass is 10.2. The highest BCUT2D eigenvalue weighted by molar-refractivity contribution is 8.00. The summed E-state index contributed by atoms with van der Waals surface area (Å²) in [4.78, 5) is 13.5. The van der Waals surface area contributed by atoms with Crippen LogP contribution in [0.5, 0.6) is 11.5 Å². The van der Waals surface area contributed by atoms with E-state index < -0.39 is 0 Å². The van der Waals surface area contributed by atoms with Gasteiger partial charge in [-0.15, -0.1) is 11.8 Å². The van der Waals surface area contributed by atoms with Gasteiger partial charge >= 0.3 is 0 Å². The van der Waals surface area contributed by atoms with Gasteiger partial charge in [-0.3, -0.25) is 4.79 Å². The van der Waals surface area contributed by atoms with Gasteiger partial charge in [0.15, 0.2) is 17.3 Å². The van der Waals surface area contributed by atoms with Crippen LogP contribution < -0.4 is 9.47 Å². The van der Waals surface area contributed by atoms with Gasteiger partial charge in [-0.25, -0.2) is 0 Å². The number of aryl methyl sites for hydroxylation is 1. The molecule has 0 amide bonds. The smallest absolute Gasteiger partial charge is 0.174 e. The van der Waals surface area contributed by atoms with Crippen LogP contribution in [0.3, 0.4) is 0 Å². The highest BCUT2D eigenvalue weighted by atomic mass is 32.2. The summed E-state index contributed by atoms with van der Waals surface area (Å²) >= 11 is 1.53. The lowest BCUT2D eigenvalue weighted by Crippen LogP contribution is -2.04. The highest BCUT2D eigenvalue weighted by Crippen LogP contribution is 2.34. The lowest BCUT2D eigenvalue weighted by Gasteiger charge is -2.09. The van der Waals surface area contributed by atoms with Crippen LogP contribution in [0.4, 0.5) is 0 Å². The summed E-state index contributed by atoms with van der Waals surface area (Å²) in [5.41, 5.74) is 2.94. The van der Waals surface area contributed by atoms with E-state index in [-0.39, 0.29) is 5.78 Å². The Balaban J connectivity index is 1.69. The number of hydrogen-bond acceptors (Lipinski definition) is 4. The van der Waals surface area contributed by atoms with Crippen molar-refractivity contribution in [1.82, 2.24) is 4.57 Å². The number of Topliss-reactive ketones (excluding diaryl/α,β-unsaturated/α-hetero) is 1. The van der Waals surface area contributed by atoms with E-state index in [2.05, 4.69) is 0 Å². The van der Waals surface area contributed by atoms with E-state index in [1.165, 1.54) is 11.8 Å². The van der Waals surface area contributed by atoms with Gasteiger partial charge in [0.05, 0.1) is 19.0 Å². The minimum absolute atomic E-state index is 0.156. The van der Waals surface area contributed by atoms with Crippen molar-refractivity contribution in [2.45, 2.75) is 25.2 Å². The van der Waals surface area contributed by atoms with Gasteiger partial charge in [0.2, 0.25) is 0 Å². The van der Waals surface area contributed by atoms with Crippen molar-refractivity contribution in [1.29, 1.82) is 0 Å². The highest BCUT2D eigenvalue weighted by Gasteiger charge is 2.15. The molecule has 0 bridgehead atoms. The molecule has 0 radical (unpaired) electrons. The normalized spacial score (nSPS) is 13.7. The van der Waals surface area contributed by atoms with Crippen LogP contribution in [-0.4, -0.2) is 29.3 Å². The summed E-state index contributed by atoms with van der Waals surface area (Å²) in [6, 6.07) is 7.83. The average molecular weight is 331 g/mol. The van der Waals surface area contributed by atoms with Crippen LogP contribution in [0.25, 0.3) is 0 Å². The molecule has 2 aromatic rings. The number of carbonyl (C=O) groups excluding carboxylic acids is 1. The van der Waals surface area contributed by atoms with Crippen LogP contribution in [0, 0.1) is 13.8 Å². The minimum Gasteiger partial charge on any atom is -0.490 e. The van der Waals surface area contributed by atoms with Gasteiger partial charge < -0.3 is 14.0 Å². The molecule has 0 aliphatic carbocycles. The monoisotopic (exact) mass is 331 g/mol. The molecule has 0 unspecified atom stereocenters. The van der Waals surface area contributed by atoms with Crippen molar-refractivity contribution in [3.63, 3.8) is 0 Å². The fourth-order valence-corrected chi connectivity index (χ4v) is 3.41. The lowest BCUT2D eigenvalue weighted by molar-refractivity contribution is 0.102. The number of fused-ring (bicyclic) bond motifs is 1. The van der Waals surface area contributed by atoms with Crippen LogP contribution in [0.1, 0.15) is 28.2 Å². The molecule has 3 rings (SSSR count). The Labute approximate surface area is 140 Å². The van der Waals surface area contributed by atoms with Crippen molar-refractivity contribution in [2.75, 3.05) is 19.0 Å². The molecule has 4 nitrogen and oxygen atoms in total. The molecule has 0 fully saturated rings. The van der Waals surface area contributed by atoms with Gasteiger partial charge in [-0.2, -0.15) is 0 Å². The fraction of sp³-hybridized carbons (Fsp3) is 0.389. The quantitative estimate of drug-likeness (QED) is 0.631. The SMILES string of the molecule is Cc1cc(C(=O)CSc2ccc3c(c2)OCCCO3)c(C)n1C. The molecule has 2 heterocycles. The number of aromatic nitrogens is 1. The summed E-state index contributed by atoms with van der Waals surface area (Å²) < 4.78 is 13.4. The first-order chi connectivity index (χ1) is 11.1. The predicted molar refractivity (Wildman–Crippen MR) is 92.0 cm³/mol. The van der Waals surface area contributed by atoms with Crippen LogP contribution in [0.15, 0.2) is 29.2 Å². The van der Waals surface area contributed by atoms with E-state index >= 15 is 0 Å². The molecular formula is C18H21NO3S. The maximum Gasteiger partial charge on any atom is 0.174 e. The number of benzene rings is 1. The topological polar surface area (TPSA) is 40.5 Å². The Kier molecular flexibility index (Phi) is 4.66. The molecule has 5 heteroatoms. The zero-order chi connectivity index (χ0) is 16.4. The van der Waals surface area contributed by atoms with Crippen molar-refractivity contribution in [3.8, 4) is 11.5 Å². The molecule has 0 saturated carbocycles. The first-order valence-electron chi connectivity index (χ1n) is 7.75. The number of ketones is 1. The second-order valence-electron chi connectivity index (χ2n) is 5.71. The average Bonchev–Trinajstić information content (AvgIpc) is 2.74. The fourth-order valence-electron chi connectivity index (χ4n) is 2.60. The Morgan fingerprint density at radius 2 is 1.91 bits per heavy atom. The second kappa shape index (κ2) is 6.71. The predicted octanol–water partition coefficient (Wildman–Crippen LogP) is 3.78. The minimum atomic E-state index is 0.156. The van der Waals surface area contributed by atoms with Gasteiger partial charge in [0, 0.05) is 35.3 Å². The molecule has 23 heavy (non-hydrogen) atoms. The molecule has 1 aromatic heterocycles. The second-order valence-corrected chi connectivity index (χ2v) is 6.76. The maximum atomic E-state index is 12.5. The summed E-state index contributed by atoms with van der Waals surface area (Å²) in [5.74, 6) is 2.13. The molecule has 1 aliphatic heterocycles. The first kappa shape index (κ1) is 16.0. The van der Waals surface area contributed by atoms with Gasteiger partial charge in [0.25, 0.3) is 0 Å². The number of ether oxygens (including phenoxy) is 2. The van der Waals surface area contributed by atoms with E-state index in [1.807, 2.05) is 49.7 Å². The number of carbonyl (C=O) groups is 1. The molecule has 0 atom stereocenters. The number of thioether (sulfide) groups is 1. The Hall–Kier alpha value is -1.88. The number of nitrogens with zero attached hydrogens (tertiary/aromatic N) is 1. The zero-order valence-corrected chi connectivity index (χ0v) is 14.5. The summed E-state index contributed by atoms with van der Waals surface area (Å²) in [5, 5.41) is 0. The molecule has 122 valence electrons. The number of rotatable bonds is 4. The van der Waals surface area contributed by atoms with Gasteiger partial charge in [-0.1, -0.05) is 0 Å². The molecule has 0 saturated heterocycles. The molecule has 0 spiro atoms. The third-order valence-electron chi connectivity index (χ3n) is 4.16. The van der Waals surface area contributed by atoms with E-state index in [1.54, 1.807) is 0 Å². The Morgan fingerprint density at radius 3 is 2.61 bits per heavy atom. The summed E-state index contributed by atoms with van der Waals surface area (Å²) in [6.45, 7) is 5.35. The van der Waals surface area contributed by atoms with Crippen molar-refractivity contribution in [2.24, 2.45) is 7.05 Å². The molecule has 0 N–H and O–H groups in total. The number of hydrogen-bond donors (Lipinski definition) is 0. The van der Waals surface area contributed by atoms with Gasteiger partial charge in [-0.05, 0) is 38.1 Å². The van der Waals surface area contributed by atoms with Crippen LogP contribution >= 0.6 is 11.8 Å². The largest absolute Gasteiger partial charge is 0.490 e. The molecular weight excluding hydrogens is 310 g/mol. The Morgan fingerprint density at radius 1 is 1.17 bits per heavy atom. The van der Waals surface area contributed by atoms with Gasteiger partial charge in [0.1, 0.15) is 0 Å². The Bertz CT molecular complexity index is 736. The summed E-state index contributed by atoms with van der Waals surface area (Å²) in [7, 11) is 1.98. The van der Waals surface area contributed by atoms with Crippen molar-refractivity contribution < 1.29 is 14.3 Å². The van der Waals surface area contributed by atoms with Crippen LogP contribution in [-0.2, 0) is 7.05 Å². The third-order valence-corrected chi connectivity index (χ3v) is 5.16. The third kappa shape index (κ3) is 3.39. The molecule has 1 aliphatic rings. The summed E-state index contributed by atoms with van der Waals surface area (Å²) in [6.07, 6.45) is 0.891. The first-order valence-corrected chi connectivity index (χ1v) is 8.73. The zero-order valence-electron chi connectivity index (χ0n) is 13.7. The van der Waals surface area contributed by atoms with E-state index in [0.717, 1.165) is 39.8 Å². The van der Waals surface area contributed by atoms with Crippen LogP contribution in [0.2, 0.25) is 0 Å². The maximum absolute atomic E-state index is 12.5. The van der Waals surface area contributed by atoms with Crippen molar-refractivity contribution in [3.05, 3.63) is 41.2 Å². The van der Waals surface area contributed by atoms with E-state index in [0.29, 0.717) is 19.0 Å². The standard InChI is InChI=1S/C18H21NO3S/c1-12-9-15(13(2)19(12)3)16(20)11-23-14-5-6-17-18(10-14)22-8-4-7-21-17/h5-6,9-10H,4,7-8,11H2,1-3H3. The molecule has 1 aromatic carbocycles. The van der Waals surface area contributed by atoms with E-state index in [4.69, 9.17) is 9.47 Å². The van der Waals surface area contributed by atoms with Crippen molar-refractivity contribution >= 4 is 17.5 Å².